The first-order valence-electron chi connectivity index (χ1n) is 7.03. The first kappa shape index (κ1) is 14.4. The van der Waals surface area contributed by atoms with Crippen molar-refractivity contribution in [1.82, 2.24) is 5.32 Å². The Morgan fingerprint density at radius 3 is 2.45 bits per heavy atom. The predicted octanol–water partition coefficient (Wildman–Crippen LogP) is 2.91. The summed E-state index contributed by atoms with van der Waals surface area (Å²) in [5.74, 6) is 1.87. The molecule has 2 rings (SSSR count). The topological polar surface area (TPSA) is 33.6 Å². The zero-order valence-corrected chi connectivity index (χ0v) is 12.1. The van der Waals surface area contributed by atoms with E-state index in [9.17, 15) is 0 Å². The van der Waals surface area contributed by atoms with E-state index in [0.717, 1.165) is 48.6 Å². The largest absolute Gasteiger partial charge is 0.482 e. The molecule has 3 heteroatoms. The number of allylic oxidation sites excluding steroid dienone is 2. The molecule has 106 valence electrons. The SMILES string of the molecule is C=CCc1cccc(CC=C)c1OC(C)C1=NCCN1. The van der Waals surface area contributed by atoms with Crippen LogP contribution in [0.15, 0.2) is 48.5 Å². The standard InChI is InChI=1S/C17H22N2O/c1-4-7-14-9-6-10-15(8-5-2)16(14)20-13(3)17-18-11-12-19-17/h4-6,9-10,13H,1-2,7-8,11-12H2,3H3,(H,18,19). The Morgan fingerprint density at radius 1 is 1.30 bits per heavy atom. The maximum atomic E-state index is 6.18. The molecule has 0 fully saturated rings. The minimum Gasteiger partial charge on any atom is -0.482 e. The number of hydrogen-bond acceptors (Lipinski definition) is 3. The van der Waals surface area contributed by atoms with E-state index in [2.05, 4.69) is 41.7 Å². The van der Waals surface area contributed by atoms with Crippen molar-refractivity contribution in [1.29, 1.82) is 0 Å². The molecule has 1 unspecified atom stereocenters. The molecule has 1 heterocycles. The van der Waals surface area contributed by atoms with Gasteiger partial charge in [-0.3, -0.25) is 4.99 Å². The zero-order chi connectivity index (χ0) is 14.4. The highest BCUT2D eigenvalue weighted by atomic mass is 16.5. The maximum absolute atomic E-state index is 6.18. The molecule has 0 bridgehead atoms. The number of aliphatic imine (C=N–C) groups is 1. The lowest BCUT2D eigenvalue weighted by atomic mass is 10.0. The van der Waals surface area contributed by atoms with Crippen LogP contribution in [-0.4, -0.2) is 25.0 Å². The van der Waals surface area contributed by atoms with E-state index in [1.807, 2.05) is 19.1 Å². The van der Waals surface area contributed by atoms with Gasteiger partial charge in [0.15, 0.2) is 6.10 Å². The minimum absolute atomic E-state index is 0.0629. The summed E-state index contributed by atoms with van der Waals surface area (Å²) in [4.78, 5) is 4.42. The Morgan fingerprint density at radius 2 is 1.95 bits per heavy atom. The smallest absolute Gasteiger partial charge is 0.152 e. The highest BCUT2D eigenvalue weighted by Gasteiger charge is 2.18. The fourth-order valence-electron chi connectivity index (χ4n) is 2.34. The quantitative estimate of drug-likeness (QED) is 0.773. The number of amidine groups is 1. The van der Waals surface area contributed by atoms with Crippen molar-refractivity contribution in [2.45, 2.75) is 25.9 Å². The number of ether oxygens (including phenoxy) is 1. The van der Waals surface area contributed by atoms with Crippen molar-refractivity contribution >= 4 is 5.84 Å². The molecule has 0 saturated heterocycles. The zero-order valence-electron chi connectivity index (χ0n) is 12.1. The van der Waals surface area contributed by atoms with Gasteiger partial charge in [-0.25, -0.2) is 0 Å². The van der Waals surface area contributed by atoms with Gasteiger partial charge in [0.05, 0.1) is 6.54 Å². The van der Waals surface area contributed by atoms with Gasteiger partial charge >= 0.3 is 0 Å². The minimum atomic E-state index is -0.0629. The van der Waals surface area contributed by atoms with Gasteiger partial charge in [0.25, 0.3) is 0 Å². The van der Waals surface area contributed by atoms with E-state index in [4.69, 9.17) is 4.74 Å². The van der Waals surface area contributed by atoms with Crippen molar-refractivity contribution in [2.75, 3.05) is 13.1 Å². The third-order valence-electron chi connectivity index (χ3n) is 3.29. The first-order chi connectivity index (χ1) is 9.76. The molecule has 3 nitrogen and oxygen atoms in total. The summed E-state index contributed by atoms with van der Waals surface area (Å²) < 4.78 is 6.18. The molecule has 0 saturated carbocycles. The maximum Gasteiger partial charge on any atom is 0.152 e. The molecule has 1 aromatic rings. The van der Waals surface area contributed by atoms with Gasteiger partial charge in [-0.05, 0) is 30.9 Å². The van der Waals surface area contributed by atoms with Crippen LogP contribution in [0.3, 0.4) is 0 Å². The first-order valence-corrected chi connectivity index (χ1v) is 7.03. The van der Waals surface area contributed by atoms with Gasteiger partial charge in [-0.2, -0.15) is 0 Å². The van der Waals surface area contributed by atoms with Gasteiger partial charge in [0.2, 0.25) is 0 Å². The third kappa shape index (κ3) is 3.29. The molecule has 0 aliphatic carbocycles. The van der Waals surface area contributed by atoms with Crippen molar-refractivity contribution in [3.63, 3.8) is 0 Å². The Kier molecular flexibility index (Phi) is 4.99. The number of para-hydroxylation sites is 1. The monoisotopic (exact) mass is 270 g/mol. The molecule has 1 N–H and O–H groups in total. The van der Waals surface area contributed by atoms with Crippen LogP contribution in [0, 0.1) is 0 Å². The fourth-order valence-corrected chi connectivity index (χ4v) is 2.34. The summed E-state index contributed by atoms with van der Waals surface area (Å²) in [5.41, 5.74) is 2.31. The van der Waals surface area contributed by atoms with E-state index in [0.29, 0.717) is 0 Å². The van der Waals surface area contributed by atoms with Crippen molar-refractivity contribution in [3.05, 3.63) is 54.6 Å². The van der Waals surface area contributed by atoms with Gasteiger partial charge in [-0.15, -0.1) is 13.2 Å². The molecule has 0 amide bonds. The van der Waals surface area contributed by atoms with E-state index in [1.54, 1.807) is 0 Å². The van der Waals surface area contributed by atoms with Crippen LogP contribution in [0.4, 0.5) is 0 Å². The van der Waals surface area contributed by atoms with Crippen molar-refractivity contribution in [3.8, 4) is 5.75 Å². The lowest BCUT2D eigenvalue weighted by molar-refractivity contribution is 0.279. The molecule has 1 aliphatic rings. The summed E-state index contributed by atoms with van der Waals surface area (Å²) in [6.07, 6.45) is 5.33. The van der Waals surface area contributed by atoms with Crippen LogP contribution in [0.25, 0.3) is 0 Å². The van der Waals surface area contributed by atoms with E-state index >= 15 is 0 Å². The van der Waals surface area contributed by atoms with E-state index in [-0.39, 0.29) is 6.10 Å². The van der Waals surface area contributed by atoms with Crippen LogP contribution in [-0.2, 0) is 12.8 Å². The molecule has 1 aliphatic heterocycles. The number of nitrogens with one attached hydrogen (secondary N) is 1. The van der Waals surface area contributed by atoms with Crippen LogP contribution in [0.2, 0.25) is 0 Å². The summed E-state index contributed by atoms with van der Waals surface area (Å²) in [6.45, 7) is 11.4. The van der Waals surface area contributed by atoms with E-state index in [1.165, 1.54) is 0 Å². The van der Waals surface area contributed by atoms with Crippen LogP contribution >= 0.6 is 0 Å². The number of nitrogens with zero attached hydrogens (tertiary/aromatic N) is 1. The Labute approximate surface area is 121 Å². The normalized spacial score (nSPS) is 15.2. The number of benzene rings is 1. The van der Waals surface area contributed by atoms with Gasteiger partial charge in [-0.1, -0.05) is 30.4 Å². The molecule has 1 aromatic carbocycles. The van der Waals surface area contributed by atoms with E-state index < -0.39 is 0 Å². The second-order valence-electron chi connectivity index (χ2n) is 4.84. The summed E-state index contributed by atoms with van der Waals surface area (Å²) >= 11 is 0. The van der Waals surface area contributed by atoms with Crippen LogP contribution in [0.5, 0.6) is 5.75 Å². The third-order valence-corrected chi connectivity index (χ3v) is 3.29. The lowest BCUT2D eigenvalue weighted by Crippen LogP contribution is -2.33. The molecule has 0 radical (unpaired) electrons. The molecule has 1 atom stereocenters. The van der Waals surface area contributed by atoms with Crippen LogP contribution in [0.1, 0.15) is 18.1 Å². The molecule has 20 heavy (non-hydrogen) atoms. The predicted molar refractivity (Wildman–Crippen MR) is 84.6 cm³/mol. The van der Waals surface area contributed by atoms with Crippen LogP contribution < -0.4 is 10.1 Å². The lowest BCUT2D eigenvalue weighted by Gasteiger charge is -2.20. The molecular formula is C17H22N2O. The number of hydrogen-bond donors (Lipinski definition) is 1. The Hall–Kier alpha value is -2.03. The fraction of sp³-hybridized carbons (Fsp3) is 0.353. The van der Waals surface area contributed by atoms with Crippen molar-refractivity contribution < 1.29 is 4.74 Å². The number of rotatable bonds is 7. The Bertz CT molecular complexity index is 491. The summed E-state index contributed by atoms with van der Waals surface area (Å²) in [5, 5.41) is 3.26. The molecule has 0 aromatic heterocycles. The van der Waals surface area contributed by atoms with Gasteiger partial charge in [0.1, 0.15) is 11.6 Å². The highest BCUT2D eigenvalue weighted by Crippen LogP contribution is 2.27. The molecular weight excluding hydrogens is 248 g/mol. The molecule has 0 spiro atoms. The Balaban J connectivity index is 2.26. The average molecular weight is 270 g/mol. The second-order valence-corrected chi connectivity index (χ2v) is 4.84. The average Bonchev–Trinajstić information content (AvgIpc) is 2.97. The van der Waals surface area contributed by atoms with Gasteiger partial charge in [0, 0.05) is 6.54 Å². The summed E-state index contributed by atoms with van der Waals surface area (Å²) in [7, 11) is 0. The highest BCUT2D eigenvalue weighted by molar-refractivity contribution is 5.87. The van der Waals surface area contributed by atoms with Gasteiger partial charge < -0.3 is 10.1 Å². The summed E-state index contributed by atoms with van der Waals surface area (Å²) in [6, 6.07) is 6.22. The second kappa shape index (κ2) is 6.94. The van der Waals surface area contributed by atoms with Crippen molar-refractivity contribution in [2.24, 2.45) is 4.99 Å².